The zero-order valence-corrected chi connectivity index (χ0v) is 9.40. The first-order valence-corrected chi connectivity index (χ1v) is 4.55. The molecule has 5 nitrogen and oxygen atoms in total. The van der Waals surface area contributed by atoms with Crippen LogP contribution in [0.25, 0.3) is 0 Å². The monoisotopic (exact) mass is 207 g/mol. The zero-order chi connectivity index (χ0) is 11.0. The van der Waals surface area contributed by atoms with E-state index in [9.17, 15) is 5.11 Å². The minimum atomic E-state index is -0.473. The van der Waals surface area contributed by atoms with Gasteiger partial charge < -0.3 is 19.3 Å². The third kappa shape index (κ3) is 6.28. The Bertz CT molecular complexity index is 130. The van der Waals surface area contributed by atoms with Crippen molar-refractivity contribution in [3.63, 3.8) is 0 Å². The normalized spacial score (nSPS) is 13.9. The van der Waals surface area contributed by atoms with Gasteiger partial charge >= 0.3 is 0 Å². The fraction of sp³-hybridized carbons (Fsp3) is 1.00. The van der Waals surface area contributed by atoms with E-state index in [4.69, 9.17) is 14.2 Å². The van der Waals surface area contributed by atoms with Crippen molar-refractivity contribution in [3.8, 4) is 0 Å². The number of rotatable bonds is 8. The second kappa shape index (κ2) is 8.14. The molecule has 14 heavy (non-hydrogen) atoms. The first-order chi connectivity index (χ1) is 6.63. The van der Waals surface area contributed by atoms with Crippen LogP contribution in [0.2, 0.25) is 0 Å². The molecule has 0 fully saturated rings. The SMILES string of the molecule is COCC(O)CN(C)CC(OC)OC. The van der Waals surface area contributed by atoms with Gasteiger partial charge in [0.25, 0.3) is 0 Å². The van der Waals surface area contributed by atoms with E-state index < -0.39 is 6.10 Å². The van der Waals surface area contributed by atoms with Crippen LogP contribution in [0.5, 0.6) is 0 Å². The predicted molar refractivity (Wildman–Crippen MR) is 53.2 cm³/mol. The molecule has 0 amide bonds. The third-order valence-corrected chi connectivity index (χ3v) is 1.87. The van der Waals surface area contributed by atoms with Crippen molar-refractivity contribution >= 4 is 0 Å². The van der Waals surface area contributed by atoms with E-state index in [1.54, 1.807) is 21.3 Å². The molecule has 0 aromatic rings. The Balaban J connectivity index is 3.67. The molecule has 0 radical (unpaired) electrons. The zero-order valence-electron chi connectivity index (χ0n) is 9.40. The Hall–Kier alpha value is -0.200. The van der Waals surface area contributed by atoms with Crippen molar-refractivity contribution in [2.24, 2.45) is 0 Å². The van der Waals surface area contributed by atoms with Crippen molar-refractivity contribution in [2.75, 3.05) is 48.1 Å². The Morgan fingerprint density at radius 2 is 1.71 bits per heavy atom. The molecule has 0 saturated carbocycles. The lowest BCUT2D eigenvalue weighted by molar-refractivity contribution is -0.116. The quantitative estimate of drug-likeness (QED) is 0.546. The van der Waals surface area contributed by atoms with Crippen LogP contribution in [-0.4, -0.2) is 70.5 Å². The first-order valence-electron chi connectivity index (χ1n) is 4.55. The van der Waals surface area contributed by atoms with Crippen molar-refractivity contribution in [1.82, 2.24) is 4.90 Å². The summed E-state index contributed by atoms with van der Waals surface area (Å²) in [5.74, 6) is 0. The van der Waals surface area contributed by atoms with E-state index in [0.29, 0.717) is 19.7 Å². The molecule has 0 aromatic carbocycles. The topological polar surface area (TPSA) is 51.2 Å². The lowest BCUT2D eigenvalue weighted by Gasteiger charge is -2.23. The number of methoxy groups -OCH3 is 3. The number of ether oxygens (including phenoxy) is 3. The van der Waals surface area contributed by atoms with Gasteiger partial charge in [-0.2, -0.15) is 0 Å². The minimum Gasteiger partial charge on any atom is -0.389 e. The fourth-order valence-electron chi connectivity index (χ4n) is 1.18. The Morgan fingerprint density at radius 1 is 1.14 bits per heavy atom. The molecule has 0 heterocycles. The highest BCUT2D eigenvalue weighted by molar-refractivity contribution is 4.61. The van der Waals surface area contributed by atoms with Gasteiger partial charge in [-0.05, 0) is 7.05 Å². The van der Waals surface area contributed by atoms with Crippen LogP contribution in [0.15, 0.2) is 0 Å². The molecule has 5 heteroatoms. The molecule has 0 aliphatic heterocycles. The maximum atomic E-state index is 9.43. The van der Waals surface area contributed by atoms with E-state index >= 15 is 0 Å². The number of nitrogens with zero attached hydrogens (tertiary/aromatic N) is 1. The first kappa shape index (κ1) is 13.8. The van der Waals surface area contributed by atoms with Crippen LogP contribution >= 0.6 is 0 Å². The molecule has 1 N–H and O–H groups in total. The average molecular weight is 207 g/mol. The maximum absolute atomic E-state index is 9.43. The fourth-order valence-corrected chi connectivity index (χ4v) is 1.18. The molecule has 1 atom stereocenters. The molecular weight excluding hydrogens is 186 g/mol. The summed E-state index contributed by atoms with van der Waals surface area (Å²) in [6, 6.07) is 0. The summed E-state index contributed by atoms with van der Waals surface area (Å²) in [6.45, 7) is 1.50. The van der Waals surface area contributed by atoms with E-state index in [1.807, 2.05) is 11.9 Å². The van der Waals surface area contributed by atoms with Gasteiger partial charge in [0, 0.05) is 34.4 Å². The van der Waals surface area contributed by atoms with Crippen LogP contribution in [0.3, 0.4) is 0 Å². The summed E-state index contributed by atoms with van der Waals surface area (Å²) >= 11 is 0. The number of hydrogen-bond donors (Lipinski definition) is 1. The molecule has 0 spiro atoms. The van der Waals surface area contributed by atoms with Crippen LogP contribution in [0.4, 0.5) is 0 Å². The number of hydrogen-bond acceptors (Lipinski definition) is 5. The Labute approximate surface area is 85.6 Å². The van der Waals surface area contributed by atoms with Crippen molar-refractivity contribution in [1.29, 1.82) is 0 Å². The molecule has 0 bridgehead atoms. The molecular formula is C9H21NO4. The second-order valence-electron chi connectivity index (χ2n) is 3.23. The largest absolute Gasteiger partial charge is 0.389 e. The second-order valence-corrected chi connectivity index (χ2v) is 3.23. The van der Waals surface area contributed by atoms with Gasteiger partial charge in [-0.1, -0.05) is 0 Å². The van der Waals surface area contributed by atoms with E-state index in [-0.39, 0.29) is 6.29 Å². The number of aliphatic hydroxyl groups is 1. The predicted octanol–water partition coefficient (Wildman–Crippen LogP) is -0.456. The van der Waals surface area contributed by atoms with Gasteiger partial charge in [-0.3, -0.25) is 4.90 Å². The van der Waals surface area contributed by atoms with Gasteiger partial charge in [0.05, 0.1) is 12.7 Å². The summed E-state index contributed by atoms with van der Waals surface area (Å²) in [6.07, 6.45) is -0.728. The lowest BCUT2D eigenvalue weighted by Crippen LogP contribution is -2.38. The highest BCUT2D eigenvalue weighted by atomic mass is 16.7. The van der Waals surface area contributed by atoms with Crippen LogP contribution < -0.4 is 0 Å². The van der Waals surface area contributed by atoms with Gasteiger partial charge in [0.15, 0.2) is 6.29 Å². The summed E-state index contributed by atoms with van der Waals surface area (Å²) in [7, 11) is 6.64. The summed E-state index contributed by atoms with van der Waals surface area (Å²) < 4.78 is 14.9. The summed E-state index contributed by atoms with van der Waals surface area (Å²) in [5, 5.41) is 9.43. The molecule has 0 aromatic heterocycles. The molecule has 86 valence electrons. The molecule has 0 aliphatic rings. The number of aliphatic hydroxyl groups excluding tert-OH is 1. The summed E-state index contributed by atoms with van der Waals surface area (Å²) in [4.78, 5) is 1.93. The van der Waals surface area contributed by atoms with E-state index in [0.717, 1.165) is 0 Å². The van der Waals surface area contributed by atoms with Crippen molar-refractivity contribution in [3.05, 3.63) is 0 Å². The molecule has 0 saturated heterocycles. The van der Waals surface area contributed by atoms with Gasteiger partial charge in [0.1, 0.15) is 0 Å². The van der Waals surface area contributed by atoms with Crippen LogP contribution in [-0.2, 0) is 14.2 Å². The summed E-state index contributed by atoms with van der Waals surface area (Å²) in [5.41, 5.74) is 0. The number of likely N-dealkylation sites (N-methyl/N-ethyl adjacent to an activating group) is 1. The van der Waals surface area contributed by atoms with Crippen molar-refractivity contribution in [2.45, 2.75) is 12.4 Å². The molecule has 0 rings (SSSR count). The van der Waals surface area contributed by atoms with Crippen LogP contribution in [0, 0.1) is 0 Å². The van der Waals surface area contributed by atoms with E-state index in [1.165, 1.54) is 0 Å². The molecule has 0 aliphatic carbocycles. The minimum absolute atomic E-state index is 0.255. The van der Waals surface area contributed by atoms with Gasteiger partial charge in [0.2, 0.25) is 0 Å². The lowest BCUT2D eigenvalue weighted by atomic mass is 10.3. The highest BCUT2D eigenvalue weighted by Crippen LogP contribution is 1.96. The Morgan fingerprint density at radius 3 is 2.14 bits per heavy atom. The average Bonchev–Trinajstić information content (AvgIpc) is 2.14. The smallest absolute Gasteiger partial charge is 0.169 e. The van der Waals surface area contributed by atoms with Gasteiger partial charge in [-0.25, -0.2) is 0 Å². The van der Waals surface area contributed by atoms with E-state index in [2.05, 4.69) is 0 Å². The Kier molecular flexibility index (Phi) is 8.02. The molecule has 1 unspecified atom stereocenters. The van der Waals surface area contributed by atoms with Crippen molar-refractivity contribution < 1.29 is 19.3 Å². The van der Waals surface area contributed by atoms with Gasteiger partial charge in [-0.15, -0.1) is 0 Å². The third-order valence-electron chi connectivity index (χ3n) is 1.87. The maximum Gasteiger partial charge on any atom is 0.169 e. The standard InChI is InChI=1S/C9H21NO4/c1-10(5-8(11)7-12-2)6-9(13-3)14-4/h8-9,11H,5-7H2,1-4H3. The highest BCUT2D eigenvalue weighted by Gasteiger charge is 2.12. The van der Waals surface area contributed by atoms with Crippen LogP contribution in [0.1, 0.15) is 0 Å².